The number of aryl methyl sites for hydroxylation is 1. The Morgan fingerprint density at radius 3 is 2.58 bits per heavy atom. The number of nitrogens with two attached hydrogens (primary N) is 1. The Hall–Kier alpha value is -3.24. The minimum atomic E-state index is -3.93. The van der Waals surface area contributed by atoms with Gasteiger partial charge in [0, 0.05) is 25.1 Å². The number of benzene rings is 2. The monoisotopic (exact) mass is 470 g/mol. The highest BCUT2D eigenvalue weighted by molar-refractivity contribution is 7.89. The van der Waals surface area contributed by atoms with E-state index in [1.807, 2.05) is 6.92 Å². The van der Waals surface area contributed by atoms with Gasteiger partial charge in [-0.1, -0.05) is 12.1 Å². The lowest BCUT2D eigenvalue weighted by atomic mass is 9.98. The topological polar surface area (TPSA) is 130 Å². The molecule has 2 aliphatic heterocycles. The number of hydrogen-bond acceptors (Lipinski definition) is 5. The Labute approximate surface area is 192 Å². The summed E-state index contributed by atoms with van der Waals surface area (Å²) < 4.78 is 23.5. The summed E-state index contributed by atoms with van der Waals surface area (Å²) in [6.45, 7) is 5.45. The number of hydrogen-bond donors (Lipinski definition) is 2. The molecule has 3 amide bonds. The molecule has 174 valence electrons. The summed E-state index contributed by atoms with van der Waals surface area (Å²) in [7, 11) is -3.93. The molecular weight excluding hydrogens is 444 g/mol. The Morgan fingerprint density at radius 1 is 1.18 bits per heavy atom. The molecule has 1 unspecified atom stereocenters. The highest BCUT2D eigenvalue weighted by atomic mass is 32.2. The van der Waals surface area contributed by atoms with Gasteiger partial charge in [-0.3, -0.25) is 19.3 Å². The normalized spacial score (nSPS) is 20.0. The molecule has 10 heteroatoms. The van der Waals surface area contributed by atoms with Crippen molar-refractivity contribution < 1.29 is 22.8 Å². The molecular formula is C23H26N4O5S. The summed E-state index contributed by atoms with van der Waals surface area (Å²) >= 11 is 0. The van der Waals surface area contributed by atoms with Crippen LogP contribution in [0.4, 0.5) is 11.4 Å². The Balaban J connectivity index is 1.56. The van der Waals surface area contributed by atoms with Crippen molar-refractivity contribution in [1.82, 2.24) is 4.90 Å². The lowest BCUT2D eigenvalue weighted by molar-refractivity contribution is -0.117. The van der Waals surface area contributed by atoms with Gasteiger partial charge in [-0.25, -0.2) is 13.6 Å². The first kappa shape index (κ1) is 22.9. The van der Waals surface area contributed by atoms with E-state index in [0.717, 1.165) is 5.56 Å². The lowest BCUT2D eigenvalue weighted by Crippen LogP contribution is -2.62. The molecule has 2 aromatic rings. The summed E-state index contributed by atoms with van der Waals surface area (Å²) in [6.07, 6.45) is 0.769. The maximum Gasteiger partial charge on any atom is 0.257 e. The molecule has 0 spiro atoms. The highest BCUT2D eigenvalue weighted by Gasteiger charge is 2.52. The van der Waals surface area contributed by atoms with Crippen LogP contribution in [0.1, 0.15) is 47.7 Å². The molecule has 2 aliphatic rings. The number of sulfonamides is 1. The summed E-state index contributed by atoms with van der Waals surface area (Å²) in [5.74, 6) is -0.664. The number of anilines is 2. The molecule has 4 rings (SSSR count). The van der Waals surface area contributed by atoms with Gasteiger partial charge in [0.1, 0.15) is 5.66 Å². The number of amides is 3. The van der Waals surface area contributed by atoms with E-state index in [1.54, 1.807) is 47.9 Å². The molecule has 0 aliphatic carbocycles. The van der Waals surface area contributed by atoms with E-state index >= 15 is 0 Å². The van der Waals surface area contributed by atoms with Crippen molar-refractivity contribution in [2.75, 3.05) is 16.8 Å². The number of fused-ring (bicyclic) bond motifs is 3. The zero-order valence-corrected chi connectivity index (χ0v) is 19.5. The predicted octanol–water partition coefficient (Wildman–Crippen LogP) is 2.28. The molecule has 1 saturated heterocycles. The van der Waals surface area contributed by atoms with Crippen LogP contribution in [0.5, 0.6) is 0 Å². The van der Waals surface area contributed by atoms with E-state index in [4.69, 9.17) is 5.14 Å². The minimum absolute atomic E-state index is 0.0242. The van der Waals surface area contributed by atoms with Gasteiger partial charge in [0.15, 0.2) is 0 Å². The Bertz CT molecular complexity index is 1290. The van der Waals surface area contributed by atoms with Crippen molar-refractivity contribution in [3.8, 4) is 0 Å². The van der Waals surface area contributed by atoms with Gasteiger partial charge >= 0.3 is 0 Å². The standard InChI is InChI=1S/C23H26N4O5S/c1-14-12-16(33(24,31)32)13-18(15(14)2)25-20(28)9-11-26-22(30)17-6-4-5-7-19(17)27-21(29)8-10-23(26,27)3/h4-7,12-13H,8-11H2,1-3H3,(H,25,28)(H2,24,31,32). The van der Waals surface area contributed by atoms with Crippen LogP contribution in [0.3, 0.4) is 0 Å². The average molecular weight is 471 g/mol. The predicted molar refractivity (Wildman–Crippen MR) is 123 cm³/mol. The number of rotatable bonds is 5. The van der Waals surface area contributed by atoms with Gasteiger partial charge in [0.25, 0.3) is 5.91 Å². The van der Waals surface area contributed by atoms with Crippen molar-refractivity contribution in [2.45, 2.75) is 50.6 Å². The van der Waals surface area contributed by atoms with E-state index in [1.165, 1.54) is 12.1 Å². The van der Waals surface area contributed by atoms with Crippen LogP contribution < -0.4 is 15.4 Å². The molecule has 0 aromatic heterocycles. The number of nitrogens with zero attached hydrogens (tertiary/aromatic N) is 2. The molecule has 1 atom stereocenters. The van der Waals surface area contributed by atoms with Crippen molar-refractivity contribution in [3.05, 3.63) is 53.1 Å². The van der Waals surface area contributed by atoms with Gasteiger partial charge in [0.05, 0.1) is 16.1 Å². The van der Waals surface area contributed by atoms with Gasteiger partial charge in [-0.15, -0.1) is 0 Å². The number of carbonyl (C=O) groups is 3. The van der Waals surface area contributed by atoms with Crippen LogP contribution in [0.25, 0.3) is 0 Å². The quantitative estimate of drug-likeness (QED) is 0.692. The van der Waals surface area contributed by atoms with Crippen molar-refractivity contribution in [2.24, 2.45) is 5.14 Å². The first-order valence-corrected chi connectivity index (χ1v) is 12.2. The molecule has 1 fully saturated rings. The first-order valence-electron chi connectivity index (χ1n) is 10.6. The molecule has 33 heavy (non-hydrogen) atoms. The maximum atomic E-state index is 13.3. The zero-order valence-electron chi connectivity index (χ0n) is 18.7. The van der Waals surface area contributed by atoms with E-state index in [0.29, 0.717) is 35.3 Å². The Morgan fingerprint density at radius 2 is 1.88 bits per heavy atom. The van der Waals surface area contributed by atoms with E-state index in [2.05, 4.69) is 5.32 Å². The molecule has 0 saturated carbocycles. The molecule has 9 nitrogen and oxygen atoms in total. The largest absolute Gasteiger partial charge is 0.326 e. The number of primary sulfonamides is 1. The van der Waals surface area contributed by atoms with Gasteiger partial charge in [-0.05, 0) is 62.6 Å². The lowest BCUT2D eigenvalue weighted by Gasteiger charge is -2.48. The van der Waals surface area contributed by atoms with E-state index < -0.39 is 15.7 Å². The SMILES string of the molecule is Cc1cc(S(N)(=O)=O)cc(NC(=O)CCN2C(=O)c3ccccc3N3C(=O)CCC23C)c1C. The van der Waals surface area contributed by atoms with Crippen LogP contribution in [0.2, 0.25) is 0 Å². The molecule has 0 radical (unpaired) electrons. The third-order valence-corrected chi connectivity index (χ3v) is 7.44. The molecule has 2 aromatic carbocycles. The molecule has 0 bridgehead atoms. The van der Waals surface area contributed by atoms with Crippen LogP contribution in [0, 0.1) is 13.8 Å². The van der Waals surface area contributed by atoms with E-state index in [-0.39, 0.29) is 35.6 Å². The fraction of sp³-hybridized carbons (Fsp3) is 0.348. The van der Waals surface area contributed by atoms with Crippen LogP contribution in [-0.4, -0.2) is 43.2 Å². The van der Waals surface area contributed by atoms with Crippen LogP contribution >= 0.6 is 0 Å². The third kappa shape index (κ3) is 3.89. The first-order chi connectivity index (χ1) is 15.4. The van der Waals surface area contributed by atoms with Crippen LogP contribution in [-0.2, 0) is 19.6 Å². The highest BCUT2D eigenvalue weighted by Crippen LogP contribution is 2.44. The maximum absolute atomic E-state index is 13.3. The van der Waals surface area contributed by atoms with Gasteiger partial charge in [0.2, 0.25) is 21.8 Å². The second kappa shape index (κ2) is 7.96. The number of nitrogens with one attached hydrogen (secondary N) is 1. The smallest absolute Gasteiger partial charge is 0.257 e. The third-order valence-electron chi connectivity index (χ3n) is 6.55. The molecule has 3 N–H and O–H groups in total. The summed E-state index contributed by atoms with van der Waals surface area (Å²) in [6, 6.07) is 9.77. The number of carbonyl (C=O) groups excluding carboxylic acids is 3. The average Bonchev–Trinajstić information content (AvgIpc) is 3.05. The summed E-state index contributed by atoms with van der Waals surface area (Å²) in [5.41, 5.74) is 1.92. The van der Waals surface area contributed by atoms with Crippen molar-refractivity contribution in [1.29, 1.82) is 0 Å². The zero-order chi connectivity index (χ0) is 24.1. The number of para-hydroxylation sites is 1. The van der Waals surface area contributed by atoms with Crippen molar-refractivity contribution >= 4 is 39.1 Å². The second-order valence-electron chi connectivity index (χ2n) is 8.68. The van der Waals surface area contributed by atoms with Crippen LogP contribution in [0.15, 0.2) is 41.3 Å². The van der Waals surface area contributed by atoms with Crippen molar-refractivity contribution in [3.63, 3.8) is 0 Å². The Kier molecular flexibility index (Phi) is 5.53. The second-order valence-corrected chi connectivity index (χ2v) is 10.2. The molecule has 2 heterocycles. The summed E-state index contributed by atoms with van der Waals surface area (Å²) in [5, 5.41) is 7.99. The minimum Gasteiger partial charge on any atom is -0.326 e. The van der Waals surface area contributed by atoms with Gasteiger partial charge < -0.3 is 10.2 Å². The fourth-order valence-corrected chi connectivity index (χ4v) is 5.21. The summed E-state index contributed by atoms with van der Waals surface area (Å²) in [4.78, 5) is 41.8. The van der Waals surface area contributed by atoms with Gasteiger partial charge in [-0.2, -0.15) is 0 Å². The fourth-order valence-electron chi connectivity index (χ4n) is 4.59. The van der Waals surface area contributed by atoms with E-state index in [9.17, 15) is 22.8 Å².